The molecule has 0 saturated heterocycles. The van der Waals surface area contributed by atoms with E-state index in [-0.39, 0.29) is 23.7 Å². The average molecular weight is 310 g/mol. The highest BCUT2D eigenvalue weighted by Gasteiger charge is 2.20. The van der Waals surface area contributed by atoms with Gasteiger partial charge in [-0.2, -0.15) is 0 Å². The van der Waals surface area contributed by atoms with Crippen molar-refractivity contribution in [1.82, 2.24) is 14.3 Å². The van der Waals surface area contributed by atoms with E-state index in [0.29, 0.717) is 11.4 Å². The lowest BCUT2D eigenvalue weighted by Gasteiger charge is -2.12. The second kappa shape index (κ2) is 6.25. The van der Waals surface area contributed by atoms with Gasteiger partial charge in [0.1, 0.15) is 16.5 Å². The van der Waals surface area contributed by atoms with Crippen molar-refractivity contribution in [2.24, 2.45) is 12.8 Å². The predicted molar refractivity (Wildman–Crippen MR) is 78.1 cm³/mol. The standard InChI is InChI=1S/C13H18N4O3S/c1-17-6-5-15-13(17)9-16-21(18,19)12-7-10(8-14)3-4-11(12)20-2/h3-7,16H,8-9,14H2,1-2H3. The highest BCUT2D eigenvalue weighted by atomic mass is 32.2. The number of nitrogens with zero attached hydrogens (tertiary/aromatic N) is 2. The normalized spacial score (nSPS) is 11.6. The van der Waals surface area contributed by atoms with Crippen molar-refractivity contribution in [2.75, 3.05) is 7.11 Å². The Hall–Kier alpha value is -1.90. The van der Waals surface area contributed by atoms with Crippen molar-refractivity contribution in [2.45, 2.75) is 18.0 Å². The van der Waals surface area contributed by atoms with Crippen LogP contribution in [0.15, 0.2) is 35.5 Å². The number of rotatable bonds is 6. The average Bonchev–Trinajstić information content (AvgIpc) is 2.90. The van der Waals surface area contributed by atoms with E-state index in [1.165, 1.54) is 13.2 Å². The molecule has 0 atom stereocenters. The van der Waals surface area contributed by atoms with E-state index in [1.807, 2.05) is 0 Å². The maximum atomic E-state index is 12.4. The molecule has 8 heteroatoms. The Morgan fingerprint density at radius 1 is 1.43 bits per heavy atom. The van der Waals surface area contributed by atoms with Crippen LogP contribution in [-0.4, -0.2) is 25.1 Å². The maximum Gasteiger partial charge on any atom is 0.244 e. The van der Waals surface area contributed by atoms with Crippen molar-refractivity contribution >= 4 is 10.0 Å². The van der Waals surface area contributed by atoms with Gasteiger partial charge in [-0.3, -0.25) is 0 Å². The van der Waals surface area contributed by atoms with Gasteiger partial charge in [0.25, 0.3) is 0 Å². The summed E-state index contributed by atoms with van der Waals surface area (Å²) in [5.41, 5.74) is 6.27. The second-order valence-electron chi connectivity index (χ2n) is 4.47. The van der Waals surface area contributed by atoms with Crippen LogP contribution >= 0.6 is 0 Å². The van der Waals surface area contributed by atoms with E-state index in [2.05, 4.69) is 9.71 Å². The highest BCUT2D eigenvalue weighted by molar-refractivity contribution is 7.89. The van der Waals surface area contributed by atoms with Gasteiger partial charge >= 0.3 is 0 Å². The minimum atomic E-state index is -3.71. The topological polar surface area (TPSA) is 99.2 Å². The SMILES string of the molecule is COc1ccc(CN)cc1S(=O)(=O)NCc1nccn1C. The third-order valence-electron chi connectivity index (χ3n) is 3.09. The van der Waals surface area contributed by atoms with Crippen molar-refractivity contribution in [3.05, 3.63) is 42.0 Å². The molecule has 0 spiro atoms. The molecule has 1 aromatic carbocycles. The number of sulfonamides is 1. The van der Waals surface area contributed by atoms with E-state index in [1.54, 1.807) is 36.1 Å². The smallest absolute Gasteiger partial charge is 0.244 e. The Morgan fingerprint density at radius 2 is 2.19 bits per heavy atom. The first-order valence-corrected chi connectivity index (χ1v) is 7.79. The van der Waals surface area contributed by atoms with Crippen molar-refractivity contribution in [3.8, 4) is 5.75 Å². The molecule has 0 aliphatic rings. The number of imidazole rings is 1. The summed E-state index contributed by atoms with van der Waals surface area (Å²) in [5.74, 6) is 0.895. The Morgan fingerprint density at radius 3 is 2.76 bits per heavy atom. The number of hydrogen-bond acceptors (Lipinski definition) is 5. The first-order valence-electron chi connectivity index (χ1n) is 6.31. The number of methoxy groups -OCH3 is 1. The lowest BCUT2D eigenvalue weighted by Crippen LogP contribution is -2.25. The molecule has 0 radical (unpaired) electrons. The lowest BCUT2D eigenvalue weighted by molar-refractivity contribution is 0.402. The zero-order valence-corrected chi connectivity index (χ0v) is 12.7. The maximum absolute atomic E-state index is 12.4. The fourth-order valence-electron chi connectivity index (χ4n) is 1.86. The first-order chi connectivity index (χ1) is 9.97. The number of nitrogens with two attached hydrogens (primary N) is 1. The van der Waals surface area contributed by atoms with Gasteiger partial charge in [0.2, 0.25) is 10.0 Å². The Bertz CT molecular complexity index is 725. The fraction of sp³-hybridized carbons (Fsp3) is 0.308. The Kier molecular flexibility index (Phi) is 4.61. The molecule has 0 unspecified atom stereocenters. The summed E-state index contributed by atoms with van der Waals surface area (Å²) in [5, 5.41) is 0. The number of ether oxygens (including phenoxy) is 1. The van der Waals surface area contributed by atoms with E-state index in [0.717, 1.165) is 0 Å². The molecule has 1 aromatic heterocycles. The third-order valence-corrected chi connectivity index (χ3v) is 4.52. The van der Waals surface area contributed by atoms with Gasteiger partial charge in [0.15, 0.2) is 0 Å². The van der Waals surface area contributed by atoms with E-state index >= 15 is 0 Å². The van der Waals surface area contributed by atoms with Gasteiger partial charge in [0.05, 0.1) is 13.7 Å². The molecule has 114 valence electrons. The molecule has 0 saturated carbocycles. The largest absolute Gasteiger partial charge is 0.495 e. The summed E-state index contributed by atoms with van der Waals surface area (Å²) >= 11 is 0. The summed E-state index contributed by atoms with van der Waals surface area (Å²) in [7, 11) is -0.489. The van der Waals surface area contributed by atoms with Gasteiger partial charge in [-0.15, -0.1) is 0 Å². The molecule has 0 aliphatic carbocycles. The lowest BCUT2D eigenvalue weighted by atomic mass is 10.2. The Labute approximate surface area is 123 Å². The van der Waals surface area contributed by atoms with E-state index < -0.39 is 10.0 Å². The molecule has 0 aliphatic heterocycles. The van der Waals surface area contributed by atoms with Crippen LogP contribution in [0.2, 0.25) is 0 Å². The quantitative estimate of drug-likeness (QED) is 0.803. The zero-order valence-electron chi connectivity index (χ0n) is 11.9. The molecule has 1 heterocycles. The van der Waals surface area contributed by atoms with Crippen LogP contribution in [0, 0.1) is 0 Å². The van der Waals surface area contributed by atoms with Gasteiger partial charge in [-0.05, 0) is 17.7 Å². The van der Waals surface area contributed by atoms with Crippen LogP contribution in [0.25, 0.3) is 0 Å². The number of benzene rings is 1. The van der Waals surface area contributed by atoms with Crippen LogP contribution in [0.4, 0.5) is 0 Å². The molecular weight excluding hydrogens is 292 g/mol. The number of aryl methyl sites for hydroxylation is 1. The molecule has 2 rings (SSSR count). The summed E-state index contributed by atoms with van der Waals surface area (Å²) in [6, 6.07) is 4.84. The van der Waals surface area contributed by atoms with Crippen LogP contribution in [0.3, 0.4) is 0 Å². The predicted octanol–water partition coefficient (Wildman–Crippen LogP) is 0.366. The van der Waals surface area contributed by atoms with Gasteiger partial charge in [-0.1, -0.05) is 6.07 Å². The van der Waals surface area contributed by atoms with Gasteiger partial charge < -0.3 is 15.0 Å². The third kappa shape index (κ3) is 3.41. The minimum absolute atomic E-state index is 0.0714. The van der Waals surface area contributed by atoms with Crippen LogP contribution in [0.1, 0.15) is 11.4 Å². The summed E-state index contributed by atoms with van der Waals surface area (Å²) in [4.78, 5) is 4.15. The fourth-order valence-corrected chi connectivity index (χ4v) is 3.06. The van der Waals surface area contributed by atoms with Gasteiger partial charge in [-0.25, -0.2) is 18.1 Å². The van der Waals surface area contributed by atoms with E-state index in [9.17, 15) is 8.42 Å². The number of aromatic nitrogens is 2. The minimum Gasteiger partial charge on any atom is -0.495 e. The molecule has 3 N–H and O–H groups in total. The number of hydrogen-bond donors (Lipinski definition) is 2. The number of nitrogens with one attached hydrogen (secondary N) is 1. The molecule has 0 fully saturated rings. The van der Waals surface area contributed by atoms with Crippen molar-refractivity contribution in [3.63, 3.8) is 0 Å². The molecule has 0 bridgehead atoms. The molecule has 2 aromatic rings. The van der Waals surface area contributed by atoms with E-state index in [4.69, 9.17) is 10.5 Å². The van der Waals surface area contributed by atoms with Crippen LogP contribution < -0.4 is 15.2 Å². The first kappa shape index (κ1) is 15.5. The molecule has 7 nitrogen and oxygen atoms in total. The highest BCUT2D eigenvalue weighted by Crippen LogP contribution is 2.24. The monoisotopic (exact) mass is 310 g/mol. The van der Waals surface area contributed by atoms with Gasteiger partial charge in [0, 0.05) is 26.0 Å². The van der Waals surface area contributed by atoms with Crippen molar-refractivity contribution in [1.29, 1.82) is 0 Å². The second-order valence-corrected chi connectivity index (χ2v) is 6.20. The molecular formula is C13H18N4O3S. The van der Waals surface area contributed by atoms with Crippen molar-refractivity contribution < 1.29 is 13.2 Å². The summed E-state index contributed by atoms with van der Waals surface area (Å²) in [6.45, 7) is 0.355. The Balaban J connectivity index is 2.28. The van der Waals surface area contributed by atoms with Crippen LogP contribution in [0.5, 0.6) is 5.75 Å². The summed E-state index contributed by atoms with van der Waals surface area (Å²) < 4.78 is 34.2. The molecule has 0 amide bonds. The zero-order chi connectivity index (χ0) is 15.5. The van der Waals surface area contributed by atoms with Crippen LogP contribution in [-0.2, 0) is 30.2 Å². The summed E-state index contributed by atoms with van der Waals surface area (Å²) in [6.07, 6.45) is 3.36. The molecule has 21 heavy (non-hydrogen) atoms.